The van der Waals surface area contributed by atoms with Gasteiger partial charge in [-0.25, -0.2) is 9.59 Å². The maximum Gasteiger partial charge on any atom is 0.330 e. The lowest BCUT2D eigenvalue weighted by Crippen LogP contribution is -2.40. The number of rotatable bonds is 24. The molecule has 0 unspecified atom stereocenters. The summed E-state index contributed by atoms with van der Waals surface area (Å²) in [5.74, 6) is -1.87. The van der Waals surface area contributed by atoms with Gasteiger partial charge in [-0.3, -0.25) is 4.79 Å². The summed E-state index contributed by atoms with van der Waals surface area (Å²) in [6.45, 7) is 10.2. The molecule has 0 aromatic heterocycles. The Bertz CT molecular complexity index is 574. The van der Waals surface area contributed by atoms with Crippen LogP contribution in [0.5, 0.6) is 0 Å². The average Bonchev–Trinajstić information content (AvgIpc) is 2.87. The third-order valence-electron chi connectivity index (χ3n) is 6.12. The molecule has 0 bridgehead atoms. The molecule has 0 aliphatic carbocycles. The van der Waals surface area contributed by atoms with Crippen molar-refractivity contribution < 1.29 is 28.6 Å². The zero-order chi connectivity index (χ0) is 26.2. The molecule has 0 radical (unpaired) electrons. The normalized spacial score (nSPS) is 11.0. The predicted molar refractivity (Wildman–Crippen MR) is 141 cm³/mol. The molecule has 0 rings (SSSR count). The third-order valence-corrected chi connectivity index (χ3v) is 6.12. The monoisotopic (exact) mass is 494 g/mol. The number of carbonyl (C=O) groups excluding carboxylic acids is 3. The Morgan fingerprint density at radius 2 is 0.943 bits per heavy atom. The van der Waals surface area contributed by atoms with E-state index in [0.717, 1.165) is 31.4 Å². The molecule has 0 fully saturated rings. The average molecular weight is 495 g/mol. The topological polar surface area (TPSA) is 78.9 Å². The zero-order valence-electron chi connectivity index (χ0n) is 22.5. The second kappa shape index (κ2) is 22.4. The first kappa shape index (κ1) is 32.9. The van der Waals surface area contributed by atoms with Gasteiger partial charge in [-0.05, 0) is 13.3 Å². The van der Waals surface area contributed by atoms with E-state index in [2.05, 4.69) is 20.1 Å². The van der Waals surface area contributed by atoms with Gasteiger partial charge in [0.25, 0.3) is 0 Å². The molecular weight excluding hydrogens is 444 g/mol. The van der Waals surface area contributed by atoms with Crippen LogP contribution in [0.15, 0.2) is 25.3 Å². The fourth-order valence-corrected chi connectivity index (χ4v) is 3.73. The van der Waals surface area contributed by atoms with Crippen LogP contribution in [-0.4, -0.2) is 37.7 Å². The minimum absolute atomic E-state index is 0.264. The van der Waals surface area contributed by atoms with Crippen molar-refractivity contribution in [3.63, 3.8) is 0 Å². The van der Waals surface area contributed by atoms with Gasteiger partial charge in [0.1, 0.15) is 18.6 Å². The van der Waals surface area contributed by atoms with Crippen LogP contribution >= 0.6 is 0 Å². The lowest BCUT2D eigenvalue weighted by molar-refractivity contribution is -0.167. The molecule has 0 saturated heterocycles. The van der Waals surface area contributed by atoms with Gasteiger partial charge in [-0.2, -0.15) is 0 Å². The summed E-state index contributed by atoms with van der Waals surface area (Å²) >= 11 is 0. The number of unbranched alkanes of at least 4 members (excludes halogenated alkanes) is 15. The van der Waals surface area contributed by atoms with Crippen LogP contribution in [0, 0.1) is 5.41 Å². The van der Waals surface area contributed by atoms with Crippen LogP contribution < -0.4 is 0 Å². The van der Waals surface area contributed by atoms with Crippen molar-refractivity contribution in [3.05, 3.63) is 25.3 Å². The third kappa shape index (κ3) is 18.8. The Balaban J connectivity index is 3.84. The first-order valence-corrected chi connectivity index (χ1v) is 13.6. The van der Waals surface area contributed by atoms with Gasteiger partial charge in [0.15, 0.2) is 0 Å². The summed E-state index contributed by atoms with van der Waals surface area (Å²) < 4.78 is 15.4. The highest BCUT2D eigenvalue weighted by molar-refractivity contribution is 5.83. The van der Waals surface area contributed by atoms with Crippen LogP contribution in [0.1, 0.15) is 117 Å². The van der Waals surface area contributed by atoms with Crippen LogP contribution in [0.3, 0.4) is 0 Å². The van der Waals surface area contributed by atoms with E-state index in [4.69, 9.17) is 14.2 Å². The van der Waals surface area contributed by atoms with Gasteiger partial charge in [0.05, 0.1) is 6.61 Å². The Kier molecular flexibility index (Phi) is 21.0. The van der Waals surface area contributed by atoms with Gasteiger partial charge in [0, 0.05) is 12.2 Å². The van der Waals surface area contributed by atoms with Crippen molar-refractivity contribution in [1.82, 2.24) is 0 Å². The Hall–Kier alpha value is -2.11. The summed E-state index contributed by atoms with van der Waals surface area (Å²) in [6.07, 6.45) is 22.5. The number of ether oxygens (including phenoxy) is 3. The molecule has 0 aliphatic heterocycles. The van der Waals surface area contributed by atoms with E-state index >= 15 is 0 Å². The Morgan fingerprint density at radius 1 is 0.600 bits per heavy atom. The summed E-state index contributed by atoms with van der Waals surface area (Å²) in [4.78, 5) is 35.3. The second-order valence-electron chi connectivity index (χ2n) is 9.62. The lowest BCUT2D eigenvalue weighted by Gasteiger charge is -2.26. The fourth-order valence-electron chi connectivity index (χ4n) is 3.73. The van der Waals surface area contributed by atoms with Crippen LogP contribution in [-0.2, 0) is 28.6 Å². The molecule has 6 nitrogen and oxygen atoms in total. The first-order chi connectivity index (χ1) is 16.9. The number of carbonyl (C=O) groups is 3. The molecule has 0 aromatic rings. The molecule has 202 valence electrons. The molecule has 0 atom stereocenters. The fraction of sp³-hybridized carbons (Fsp3) is 0.759. The molecule has 6 heteroatoms. The van der Waals surface area contributed by atoms with Crippen LogP contribution in [0.4, 0.5) is 0 Å². The first-order valence-electron chi connectivity index (χ1n) is 13.6. The molecule has 0 aliphatic rings. The van der Waals surface area contributed by atoms with Crippen molar-refractivity contribution in [1.29, 1.82) is 0 Å². The SMILES string of the molecule is C=CC(=O)OCC(C)(COC(=O)C=C)C(=O)OCCCCCCCCCCCCCCCCCC. The van der Waals surface area contributed by atoms with Crippen molar-refractivity contribution in [3.8, 4) is 0 Å². The largest absolute Gasteiger partial charge is 0.465 e. The Morgan fingerprint density at radius 3 is 1.29 bits per heavy atom. The Labute approximate surface area is 213 Å². The smallest absolute Gasteiger partial charge is 0.330 e. The summed E-state index contributed by atoms with van der Waals surface area (Å²) in [5, 5.41) is 0. The maximum absolute atomic E-state index is 12.6. The molecule has 0 N–H and O–H groups in total. The van der Waals surface area contributed by atoms with Crippen molar-refractivity contribution >= 4 is 17.9 Å². The highest BCUT2D eigenvalue weighted by atomic mass is 16.6. The number of hydrogen-bond acceptors (Lipinski definition) is 6. The predicted octanol–water partition coefficient (Wildman–Crippen LogP) is 7.26. The quantitative estimate of drug-likeness (QED) is 0.0608. The van der Waals surface area contributed by atoms with E-state index in [1.54, 1.807) is 0 Å². The van der Waals surface area contributed by atoms with Crippen molar-refractivity contribution in [2.24, 2.45) is 5.41 Å². The van der Waals surface area contributed by atoms with Gasteiger partial charge in [-0.15, -0.1) is 0 Å². The van der Waals surface area contributed by atoms with E-state index in [1.165, 1.54) is 90.4 Å². The number of hydrogen-bond donors (Lipinski definition) is 0. The lowest BCUT2D eigenvalue weighted by atomic mass is 9.93. The molecule has 0 saturated carbocycles. The van der Waals surface area contributed by atoms with Gasteiger partial charge < -0.3 is 14.2 Å². The molecule has 0 amide bonds. The number of esters is 3. The van der Waals surface area contributed by atoms with Crippen molar-refractivity contribution in [2.75, 3.05) is 19.8 Å². The van der Waals surface area contributed by atoms with Gasteiger partial charge in [-0.1, -0.05) is 116 Å². The van der Waals surface area contributed by atoms with E-state index in [-0.39, 0.29) is 19.8 Å². The van der Waals surface area contributed by atoms with Crippen LogP contribution in [0.25, 0.3) is 0 Å². The summed E-state index contributed by atoms with van der Waals surface area (Å²) in [7, 11) is 0. The highest BCUT2D eigenvalue weighted by Gasteiger charge is 2.38. The van der Waals surface area contributed by atoms with E-state index in [9.17, 15) is 14.4 Å². The van der Waals surface area contributed by atoms with E-state index < -0.39 is 23.3 Å². The second-order valence-corrected chi connectivity index (χ2v) is 9.62. The molecule has 0 heterocycles. The van der Waals surface area contributed by atoms with E-state index in [0.29, 0.717) is 0 Å². The minimum atomic E-state index is -1.29. The molecular formula is C29H50O6. The minimum Gasteiger partial charge on any atom is -0.465 e. The standard InChI is InChI=1S/C29H50O6/c1-5-8-9-10-11-12-13-14-15-16-17-18-19-20-21-22-23-33-28(32)29(4,24-34-26(30)6-2)25-35-27(31)7-3/h6-7H,2-3,5,8-25H2,1,4H3. The van der Waals surface area contributed by atoms with E-state index in [1.807, 2.05) is 0 Å². The summed E-state index contributed by atoms with van der Waals surface area (Å²) in [6, 6.07) is 0. The zero-order valence-corrected chi connectivity index (χ0v) is 22.5. The highest BCUT2D eigenvalue weighted by Crippen LogP contribution is 2.21. The molecule has 35 heavy (non-hydrogen) atoms. The molecule has 0 spiro atoms. The van der Waals surface area contributed by atoms with Gasteiger partial charge >= 0.3 is 17.9 Å². The van der Waals surface area contributed by atoms with Crippen molar-refractivity contribution in [2.45, 2.75) is 117 Å². The van der Waals surface area contributed by atoms with Gasteiger partial charge in [0.2, 0.25) is 0 Å². The van der Waals surface area contributed by atoms with Crippen LogP contribution in [0.2, 0.25) is 0 Å². The summed E-state index contributed by atoms with van der Waals surface area (Å²) in [5.41, 5.74) is -1.29. The molecule has 0 aromatic carbocycles. The maximum atomic E-state index is 12.6.